The summed E-state index contributed by atoms with van der Waals surface area (Å²) in [5, 5.41) is 9.38. The van der Waals surface area contributed by atoms with Crippen LogP contribution in [0.4, 0.5) is 0 Å². The van der Waals surface area contributed by atoms with Crippen molar-refractivity contribution in [2.45, 2.75) is 0 Å². The van der Waals surface area contributed by atoms with Crippen LogP contribution in [0.1, 0.15) is 0 Å². The molecule has 0 radical (unpaired) electrons. The normalized spacial score (nSPS) is 11.8. The number of hydrogen-bond donors (Lipinski definition) is 0. The Balaban J connectivity index is 0.975. The lowest BCUT2D eigenvalue weighted by atomic mass is 9.95. The number of rotatable bonds is 5. The van der Waals surface area contributed by atoms with E-state index in [1.54, 1.807) is 11.3 Å². The molecule has 5 heteroatoms. The third-order valence-corrected chi connectivity index (χ3v) is 12.5. The third kappa shape index (κ3) is 5.40. The summed E-state index contributed by atoms with van der Waals surface area (Å²) in [6.07, 6.45) is 0. The van der Waals surface area contributed by atoms with Gasteiger partial charge in [-0.05, 0) is 92.3 Å². The lowest BCUT2D eigenvalue weighted by Gasteiger charge is -2.10. The first-order valence-electron chi connectivity index (χ1n) is 19.4. The Morgan fingerprint density at radius 3 is 1.86 bits per heavy atom. The van der Waals surface area contributed by atoms with Crippen LogP contribution in [-0.4, -0.2) is 15.0 Å². The first-order valence-corrected chi connectivity index (χ1v) is 20.2. The van der Waals surface area contributed by atoms with Crippen LogP contribution in [0.15, 0.2) is 192 Å². The van der Waals surface area contributed by atoms with Crippen molar-refractivity contribution < 1.29 is 4.42 Å². The highest BCUT2D eigenvalue weighted by atomic mass is 32.1. The van der Waals surface area contributed by atoms with Crippen LogP contribution in [0.3, 0.4) is 0 Å². The SMILES string of the molecule is c1ccc(-c2nc(-c3ccc4ccc(-c5cccc6oc7cc(-c8ccc9ccccc9c8)ccc7c56)cc4c3)nc(-c3cccc4c3sc3ccccc34)n2)cc1. The standard InChI is InChI=1S/C53H31N3OS/c1-2-11-34(12-3-1)51-54-52(56-53(55-51)45-17-8-16-43-42-14-6-7-19-48(42)58-50(43)45)39-25-22-33-21-24-38(29-40(33)30-39)41-15-9-18-46-49(41)44-27-26-37(31-47(44)57-46)36-23-20-32-10-4-5-13-35(32)28-36/h1-31H. The number of furan rings is 1. The van der Waals surface area contributed by atoms with E-state index in [2.05, 4.69) is 170 Å². The van der Waals surface area contributed by atoms with Gasteiger partial charge < -0.3 is 4.42 Å². The highest BCUT2D eigenvalue weighted by Crippen LogP contribution is 2.41. The van der Waals surface area contributed by atoms with Crippen LogP contribution in [-0.2, 0) is 0 Å². The van der Waals surface area contributed by atoms with Crippen molar-refractivity contribution in [1.82, 2.24) is 15.0 Å². The maximum atomic E-state index is 6.55. The highest BCUT2D eigenvalue weighted by Gasteiger charge is 2.18. The van der Waals surface area contributed by atoms with Gasteiger partial charge in [-0.2, -0.15) is 0 Å². The Kier molecular flexibility index (Phi) is 7.37. The smallest absolute Gasteiger partial charge is 0.165 e. The Labute approximate surface area is 337 Å². The molecule has 0 aliphatic heterocycles. The number of thiophene rings is 1. The van der Waals surface area contributed by atoms with Crippen LogP contribution in [0.2, 0.25) is 0 Å². The van der Waals surface area contributed by atoms with Crippen molar-refractivity contribution in [3.8, 4) is 56.4 Å². The van der Waals surface area contributed by atoms with Gasteiger partial charge in [0, 0.05) is 47.6 Å². The molecule has 0 atom stereocenters. The molecule has 0 unspecified atom stereocenters. The second-order valence-corrected chi connectivity index (χ2v) is 15.8. The van der Waals surface area contributed by atoms with E-state index in [-0.39, 0.29) is 0 Å². The van der Waals surface area contributed by atoms with E-state index in [1.165, 1.54) is 36.5 Å². The lowest BCUT2D eigenvalue weighted by Crippen LogP contribution is -2.00. The Hall–Kier alpha value is -7.47. The van der Waals surface area contributed by atoms with Crippen LogP contribution >= 0.6 is 11.3 Å². The van der Waals surface area contributed by atoms with E-state index in [0.29, 0.717) is 17.5 Å². The number of aromatic nitrogens is 3. The molecule has 0 spiro atoms. The van der Waals surface area contributed by atoms with Crippen molar-refractivity contribution in [1.29, 1.82) is 0 Å². The quantitative estimate of drug-likeness (QED) is 0.175. The average molecular weight is 758 g/mol. The van der Waals surface area contributed by atoms with Gasteiger partial charge in [-0.3, -0.25) is 0 Å². The molecule has 3 heterocycles. The minimum absolute atomic E-state index is 0.638. The predicted molar refractivity (Wildman–Crippen MR) is 242 cm³/mol. The fourth-order valence-electron chi connectivity index (χ4n) is 8.43. The van der Waals surface area contributed by atoms with Gasteiger partial charge in [0.15, 0.2) is 17.5 Å². The maximum absolute atomic E-state index is 6.55. The fourth-order valence-corrected chi connectivity index (χ4v) is 9.64. The summed E-state index contributed by atoms with van der Waals surface area (Å²) in [5.41, 5.74) is 9.19. The van der Waals surface area contributed by atoms with Crippen molar-refractivity contribution in [3.63, 3.8) is 0 Å². The third-order valence-electron chi connectivity index (χ3n) is 11.3. The fraction of sp³-hybridized carbons (Fsp3) is 0. The zero-order valence-corrected chi connectivity index (χ0v) is 31.9. The Morgan fingerprint density at radius 1 is 0.345 bits per heavy atom. The molecule has 0 aliphatic carbocycles. The highest BCUT2D eigenvalue weighted by molar-refractivity contribution is 7.26. The molecule has 12 rings (SSSR count). The van der Waals surface area contributed by atoms with Crippen molar-refractivity contribution in [2.75, 3.05) is 0 Å². The Morgan fingerprint density at radius 2 is 0.966 bits per heavy atom. The molecule has 4 nitrogen and oxygen atoms in total. The molecular formula is C53H31N3OS. The monoisotopic (exact) mass is 757 g/mol. The number of fused-ring (bicyclic) bond motifs is 8. The van der Waals surface area contributed by atoms with Gasteiger partial charge in [-0.15, -0.1) is 11.3 Å². The second-order valence-electron chi connectivity index (χ2n) is 14.8. The molecule has 58 heavy (non-hydrogen) atoms. The van der Waals surface area contributed by atoms with E-state index in [0.717, 1.165) is 66.1 Å². The molecule has 0 saturated carbocycles. The van der Waals surface area contributed by atoms with Crippen LogP contribution in [0, 0.1) is 0 Å². The van der Waals surface area contributed by atoms with Gasteiger partial charge >= 0.3 is 0 Å². The average Bonchev–Trinajstić information content (AvgIpc) is 3.87. The van der Waals surface area contributed by atoms with E-state index >= 15 is 0 Å². The van der Waals surface area contributed by atoms with Gasteiger partial charge in [0.2, 0.25) is 0 Å². The van der Waals surface area contributed by atoms with Crippen LogP contribution in [0.25, 0.3) is 120 Å². The summed E-state index contributed by atoms with van der Waals surface area (Å²) in [6, 6.07) is 66.3. The van der Waals surface area contributed by atoms with E-state index in [4.69, 9.17) is 19.4 Å². The molecule has 270 valence electrons. The van der Waals surface area contributed by atoms with Crippen LogP contribution in [0.5, 0.6) is 0 Å². The number of nitrogens with zero attached hydrogens (tertiary/aromatic N) is 3. The summed E-state index contributed by atoms with van der Waals surface area (Å²) in [4.78, 5) is 15.4. The van der Waals surface area contributed by atoms with Gasteiger partial charge in [-0.1, -0.05) is 140 Å². The molecule has 0 aliphatic rings. The largest absolute Gasteiger partial charge is 0.456 e. The van der Waals surface area contributed by atoms with Gasteiger partial charge in [0.1, 0.15) is 11.2 Å². The minimum atomic E-state index is 0.638. The summed E-state index contributed by atoms with van der Waals surface area (Å²) >= 11 is 1.78. The molecule has 9 aromatic carbocycles. The molecule has 3 aromatic heterocycles. The summed E-state index contributed by atoms with van der Waals surface area (Å²) in [6.45, 7) is 0. The van der Waals surface area contributed by atoms with Gasteiger partial charge in [0.05, 0.1) is 0 Å². The van der Waals surface area contributed by atoms with Crippen molar-refractivity contribution >= 4 is 75.0 Å². The van der Waals surface area contributed by atoms with E-state index in [9.17, 15) is 0 Å². The zero-order chi connectivity index (χ0) is 38.2. The maximum Gasteiger partial charge on any atom is 0.165 e. The second kappa shape index (κ2) is 13.1. The van der Waals surface area contributed by atoms with Gasteiger partial charge in [0.25, 0.3) is 0 Å². The summed E-state index contributed by atoms with van der Waals surface area (Å²) in [7, 11) is 0. The Bertz CT molecular complexity index is 3590. The molecule has 0 amide bonds. The molecule has 0 fully saturated rings. The van der Waals surface area contributed by atoms with Crippen LogP contribution < -0.4 is 0 Å². The zero-order valence-electron chi connectivity index (χ0n) is 31.1. The summed E-state index contributed by atoms with van der Waals surface area (Å²) in [5.74, 6) is 1.95. The predicted octanol–water partition coefficient (Wildman–Crippen LogP) is 14.8. The van der Waals surface area contributed by atoms with E-state index < -0.39 is 0 Å². The number of benzene rings is 9. The topological polar surface area (TPSA) is 51.8 Å². The minimum Gasteiger partial charge on any atom is -0.456 e. The molecule has 0 saturated heterocycles. The van der Waals surface area contributed by atoms with Gasteiger partial charge in [-0.25, -0.2) is 15.0 Å². The van der Waals surface area contributed by atoms with Crippen molar-refractivity contribution in [3.05, 3.63) is 188 Å². The first kappa shape index (κ1) is 32.7. The molecule has 0 bridgehead atoms. The van der Waals surface area contributed by atoms with E-state index in [1.807, 2.05) is 18.2 Å². The lowest BCUT2D eigenvalue weighted by molar-refractivity contribution is 0.669. The number of hydrogen-bond acceptors (Lipinski definition) is 5. The van der Waals surface area contributed by atoms with Crippen molar-refractivity contribution in [2.24, 2.45) is 0 Å². The molecule has 12 aromatic rings. The first-order chi connectivity index (χ1) is 28.7. The molecule has 0 N–H and O–H groups in total. The summed E-state index contributed by atoms with van der Waals surface area (Å²) < 4.78 is 8.97. The molecular weight excluding hydrogens is 727 g/mol.